The molecular weight excluding hydrogens is 272 g/mol. The number of carbonyl (C=O) groups excluding carboxylic acids is 1. The highest BCUT2D eigenvalue weighted by Gasteiger charge is 2.45. The number of fused-ring (bicyclic) bond motifs is 2. The molecule has 3 heterocycles. The fraction of sp³-hybridized carbons (Fsp3) is 0.429. The lowest BCUT2D eigenvalue weighted by Crippen LogP contribution is -2.37. The molecule has 2 aromatic rings. The van der Waals surface area contributed by atoms with Crippen molar-refractivity contribution in [3.8, 4) is 11.4 Å². The molecule has 2 fully saturated rings. The maximum absolute atomic E-state index is 11.9. The highest BCUT2D eigenvalue weighted by molar-refractivity contribution is 5.83. The molecule has 0 radical (unpaired) electrons. The van der Waals surface area contributed by atoms with Crippen molar-refractivity contribution in [3.05, 3.63) is 29.8 Å². The molecule has 0 saturated carbocycles. The third-order valence-corrected chi connectivity index (χ3v) is 4.01. The van der Waals surface area contributed by atoms with Gasteiger partial charge in [0.2, 0.25) is 6.29 Å². The van der Waals surface area contributed by atoms with E-state index >= 15 is 0 Å². The van der Waals surface area contributed by atoms with Crippen molar-refractivity contribution in [2.45, 2.75) is 31.8 Å². The van der Waals surface area contributed by atoms with Gasteiger partial charge < -0.3 is 9.47 Å². The first-order valence-corrected chi connectivity index (χ1v) is 6.87. The zero-order valence-corrected chi connectivity index (χ0v) is 11.5. The number of ether oxygens (including phenoxy) is 2. The second kappa shape index (κ2) is 4.71. The second-order valence-electron chi connectivity index (χ2n) is 5.34. The van der Waals surface area contributed by atoms with Crippen LogP contribution in [0.2, 0.25) is 0 Å². The molecule has 108 valence electrons. The van der Waals surface area contributed by atoms with E-state index < -0.39 is 6.29 Å². The summed E-state index contributed by atoms with van der Waals surface area (Å²) in [6, 6.07) is 7.66. The standard InChI is InChI=1S/C14H14N4O3/c1-8-4-2-3-5-9(8)13-15-16-17-18(13)10-6-11(19)14-20-7-12(10)21-14/h2-5,10,12,14H,6-7H2,1H3/t10?,12-,14-/m0/s1. The lowest BCUT2D eigenvalue weighted by atomic mass is 10.0. The third kappa shape index (κ3) is 1.97. The van der Waals surface area contributed by atoms with E-state index in [-0.39, 0.29) is 17.9 Å². The number of ketones is 1. The molecule has 7 heteroatoms. The monoisotopic (exact) mass is 286 g/mol. The van der Waals surface area contributed by atoms with Crippen LogP contribution >= 0.6 is 0 Å². The Morgan fingerprint density at radius 3 is 3.05 bits per heavy atom. The SMILES string of the molecule is Cc1ccccc1-c1nnnn1C1CC(=O)[C@H]2OC[C@@H]1O2. The van der Waals surface area contributed by atoms with Crippen molar-refractivity contribution in [1.82, 2.24) is 20.2 Å². The van der Waals surface area contributed by atoms with Crippen molar-refractivity contribution >= 4 is 5.78 Å². The number of Topliss-reactive ketones (excluding diaryl/α,β-unsaturated/α-hetero) is 1. The average Bonchev–Trinajstić information content (AvgIpc) is 3.12. The molecule has 1 aromatic heterocycles. The minimum absolute atomic E-state index is 0.0556. The Labute approximate surface area is 120 Å². The van der Waals surface area contributed by atoms with Crippen LogP contribution in [0, 0.1) is 6.92 Å². The first kappa shape index (κ1) is 12.6. The number of aryl methyl sites for hydroxylation is 1. The van der Waals surface area contributed by atoms with Gasteiger partial charge in [-0.25, -0.2) is 4.68 Å². The molecule has 2 bridgehead atoms. The van der Waals surface area contributed by atoms with Crippen LogP contribution in [0.25, 0.3) is 11.4 Å². The number of aromatic nitrogens is 4. The molecule has 3 atom stereocenters. The summed E-state index contributed by atoms with van der Waals surface area (Å²) < 4.78 is 12.6. The van der Waals surface area contributed by atoms with Crippen molar-refractivity contribution in [1.29, 1.82) is 0 Å². The molecule has 0 spiro atoms. The summed E-state index contributed by atoms with van der Waals surface area (Å²) in [6.07, 6.45) is -0.553. The lowest BCUT2D eigenvalue weighted by Gasteiger charge is -2.26. The molecule has 0 aliphatic carbocycles. The van der Waals surface area contributed by atoms with Gasteiger partial charge in [-0.05, 0) is 22.9 Å². The van der Waals surface area contributed by atoms with Gasteiger partial charge in [0.15, 0.2) is 11.6 Å². The summed E-state index contributed by atoms with van der Waals surface area (Å²) in [4.78, 5) is 11.9. The van der Waals surface area contributed by atoms with E-state index in [1.165, 1.54) is 0 Å². The Morgan fingerprint density at radius 2 is 2.19 bits per heavy atom. The molecule has 21 heavy (non-hydrogen) atoms. The fourth-order valence-corrected chi connectivity index (χ4v) is 2.89. The molecule has 4 rings (SSSR count). The molecule has 0 amide bonds. The van der Waals surface area contributed by atoms with E-state index in [1.807, 2.05) is 31.2 Å². The maximum atomic E-state index is 11.9. The number of hydrogen-bond acceptors (Lipinski definition) is 6. The van der Waals surface area contributed by atoms with Crippen LogP contribution in [0.1, 0.15) is 18.0 Å². The molecule has 2 aliphatic rings. The maximum Gasteiger partial charge on any atom is 0.218 e. The van der Waals surface area contributed by atoms with Crippen molar-refractivity contribution < 1.29 is 14.3 Å². The van der Waals surface area contributed by atoms with Gasteiger partial charge in [-0.15, -0.1) is 5.10 Å². The van der Waals surface area contributed by atoms with Crippen molar-refractivity contribution in [2.75, 3.05) is 6.61 Å². The van der Waals surface area contributed by atoms with E-state index in [0.717, 1.165) is 11.1 Å². The highest BCUT2D eigenvalue weighted by atomic mass is 16.7. The van der Waals surface area contributed by atoms with Crippen LogP contribution in [-0.2, 0) is 14.3 Å². The zero-order valence-electron chi connectivity index (χ0n) is 11.5. The Bertz CT molecular complexity index is 699. The van der Waals surface area contributed by atoms with E-state index in [4.69, 9.17) is 9.47 Å². The molecule has 0 N–H and O–H groups in total. The van der Waals surface area contributed by atoms with Crippen LogP contribution in [0.3, 0.4) is 0 Å². The predicted octanol–water partition coefficient (Wildman–Crippen LogP) is 0.904. The summed E-state index contributed by atoms with van der Waals surface area (Å²) in [5, 5.41) is 12.0. The largest absolute Gasteiger partial charge is 0.343 e. The van der Waals surface area contributed by atoms with Crippen molar-refractivity contribution in [2.24, 2.45) is 0 Å². The summed E-state index contributed by atoms with van der Waals surface area (Å²) >= 11 is 0. The number of rotatable bonds is 2. The van der Waals surface area contributed by atoms with Gasteiger partial charge in [0.05, 0.1) is 12.6 Å². The van der Waals surface area contributed by atoms with Gasteiger partial charge in [-0.3, -0.25) is 4.79 Å². The zero-order chi connectivity index (χ0) is 14.4. The van der Waals surface area contributed by atoms with E-state index in [2.05, 4.69) is 15.5 Å². The average molecular weight is 286 g/mol. The number of nitrogens with zero attached hydrogens (tertiary/aromatic N) is 4. The predicted molar refractivity (Wildman–Crippen MR) is 71.3 cm³/mol. The first-order chi connectivity index (χ1) is 10.2. The molecule has 2 aliphatic heterocycles. The van der Waals surface area contributed by atoms with Crippen LogP contribution < -0.4 is 0 Å². The van der Waals surface area contributed by atoms with Crippen molar-refractivity contribution in [3.63, 3.8) is 0 Å². The van der Waals surface area contributed by atoms with Gasteiger partial charge in [-0.1, -0.05) is 24.3 Å². The van der Waals surface area contributed by atoms with Gasteiger partial charge in [-0.2, -0.15) is 0 Å². The third-order valence-electron chi connectivity index (χ3n) is 4.01. The Balaban J connectivity index is 1.76. The summed E-state index contributed by atoms with van der Waals surface area (Å²) in [6.45, 7) is 2.40. The Hall–Kier alpha value is -2.12. The summed E-state index contributed by atoms with van der Waals surface area (Å²) in [5.74, 6) is 0.597. The van der Waals surface area contributed by atoms with Crippen LogP contribution in [0.5, 0.6) is 0 Å². The molecule has 1 unspecified atom stereocenters. The molecule has 1 aromatic carbocycles. The smallest absolute Gasteiger partial charge is 0.218 e. The number of tetrazole rings is 1. The van der Waals surface area contributed by atoms with Crippen LogP contribution in [0.15, 0.2) is 24.3 Å². The van der Waals surface area contributed by atoms with Gasteiger partial charge in [0, 0.05) is 12.0 Å². The molecule has 7 nitrogen and oxygen atoms in total. The minimum Gasteiger partial charge on any atom is -0.343 e. The molecule has 2 saturated heterocycles. The van der Waals surface area contributed by atoms with E-state index in [0.29, 0.717) is 18.9 Å². The number of hydrogen-bond donors (Lipinski definition) is 0. The number of benzene rings is 1. The van der Waals surface area contributed by atoms with Crippen LogP contribution in [0.4, 0.5) is 0 Å². The highest BCUT2D eigenvalue weighted by Crippen LogP contribution is 2.34. The number of carbonyl (C=O) groups is 1. The molecular formula is C14H14N4O3. The minimum atomic E-state index is -0.704. The normalized spacial score (nSPS) is 28.0. The van der Waals surface area contributed by atoms with Gasteiger partial charge >= 0.3 is 0 Å². The van der Waals surface area contributed by atoms with Gasteiger partial charge in [0.1, 0.15) is 6.10 Å². The quantitative estimate of drug-likeness (QED) is 0.816. The fourth-order valence-electron chi connectivity index (χ4n) is 2.89. The Morgan fingerprint density at radius 1 is 1.33 bits per heavy atom. The second-order valence-corrected chi connectivity index (χ2v) is 5.34. The summed E-state index contributed by atoms with van der Waals surface area (Å²) in [7, 11) is 0. The Kier molecular flexibility index (Phi) is 2.83. The van der Waals surface area contributed by atoms with Gasteiger partial charge in [0.25, 0.3) is 0 Å². The van der Waals surface area contributed by atoms with E-state index in [9.17, 15) is 4.79 Å². The topological polar surface area (TPSA) is 79.1 Å². The van der Waals surface area contributed by atoms with Crippen LogP contribution in [-0.4, -0.2) is 45.0 Å². The first-order valence-electron chi connectivity index (χ1n) is 6.87. The summed E-state index contributed by atoms with van der Waals surface area (Å²) in [5.41, 5.74) is 2.04. The van der Waals surface area contributed by atoms with E-state index in [1.54, 1.807) is 4.68 Å². The lowest BCUT2D eigenvalue weighted by molar-refractivity contribution is -0.156.